The van der Waals surface area contributed by atoms with Gasteiger partial charge in [0.2, 0.25) is 4.57 Å². The maximum atomic E-state index is 2.42. The van der Waals surface area contributed by atoms with Crippen LogP contribution in [-0.4, -0.2) is 4.57 Å². The standard InChI is InChI=1S/C8H10BI.C2H6/c1-7-3-5-8(6-4-7)9(2)10;1-2/h3-6H,1-2H3;1-2H3. The Hall–Kier alpha value is 0.0149. The summed E-state index contributed by atoms with van der Waals surface area (Å²) in [7, 11) is 0. The molecule has 0 aliphatic heterocycles. The summed E-state index contributed by atoms with van der Waals surface area (Å²) < 4.78 is 0.623. The van der Waals surface area contributed by atoms with E-state index >= 15 is 0 Å². The highest BCUT2D eigenvalue weighted by molar-refractivity contribution is 14.1. The molecule has 0 unspecified atom stereocenters. The van der Waals surface area contributed by atoms with Gasteiger partial charge in [0, 0.05) is 0 Å². The van der Waals surface area contributed by atoms with Crippen molar-refractivity contribution in [3.63, 3.8) is 0 Å². The molecular formula is C10H16BI. The first-order valence-electron chi connectivity index (χ1n) is 4.41. The van der Waals surface area contributed by atoms with Gasteiger partial charge in [0.15, 0.2) is 0 Å². The minimum Gasteiger partial charge on any atom is -0.143 e. The van der Waals surface area contributed by atoms with Crippen molar-refractivity contribution in [1.82, 2.24) is 0 Å². The highest BCUT2D eigenvalue weighted by Gasteiger charge is 2.02. The molecule has 0 nitrogen and oxygen atoms in total. The van der Waals surface area contributed by atoms with E-state index in [-0.39, 0.29) is 0 Å². The molecule has 0 bridgehead atoms. The van der Waals surface area contributed by atoms with Crippen molar-refractivity contribution in [3.8, 4) is 0 Å². The highest BCUT2D eigenvalue weighted by atomic mass is 127. The molecule has 0 fully saturated rings. The van der Waals surface area contributed by atoms with Gasteiger partial charge in [-0.3, -0.25) is 0 Å². The van der Waals surface area contributed by atoms with Gasteiger partial charge >= 0.3 is 0 Å². The molecule has 12 heavy (non-hydrogen) atoms. The Morgan fingerprint density at radius 3 is 1.83 bits per heavy atom. The smallest absolute Gasteiger partial charge is 0.143 e. The van der Waals surface area contributed by atoms with Gasteiger partial charge < -0.3 is 0 Å². The van der Waals surface area contributed by atoms with Gasteiger partial charge in [0.25, 0.3) is 0 Å². The minimum absolute atomic E-state index is 0.623. The number of rotatable bonds is 1. The fraction of sp³-hybridized carbons (Fsp3) is 0.400. The third-order valence-electron chi connectivity index (χ3n) is 1.54. The van der Waals surface area contributed by atoms with Crippen molar-refractivity contribution in [2.75, 3.05) is 0 Å². The summed E-state index contributed by atoms with van der Waals surface area (Å²) in [5.41, 5.74) is 2.74. The van der Waals surface area contributed by atoms with Crippen LogP contribution < -0.4 is 5.46 Å². The molecule has 0 radical (unpaired) electrons. The molecule has 0 aromatic heterocycles. The van der Waals surface area contributed by atoms with Crippen molar-refractivity contribution in [1.29, 1.82) is 0 Å². The van der Waals surface area contributed by atoms with Crippen LogP contribution in [0.25, 0.3) is 0 Å². The molecule has 0 spiro atoms. The summed E-state index contributed by atoms with van der Waals surface area (Å²) in [6.07, 6.45) is 0. The lowest BCUT2D eigenvalue weighted by Gasteiger charge is -1.99. The number of hydrogen-bond acceptors (Lipinski definition) is 0. The molecular weight excluding hydrogens is 258 g/mol. The molecule has 0 saturated heterocycles. The van der Waals surface area contributed by atoms with Gasteiger partial charge in [-0.1, -0.05) is 56.0 Å². The molecule has 66 valence electrons. The minimum atomic E-state index is 0.623. The van der Waals surface area contributed by atoms with E-state index in [0.717, 1.165) is 0 Å². The van der Waals surface area contributed by atoms with Crippen LogP contribution in [-0.2, 0) is 0 Å². The first-order chi connectivity index (χ1) is 5.70. The first-order valence-corrected chi connectivity index (χ1v) is 5.65. The summed E-state index contributed by atoms with van der Waals surface area (Å²) in [6, 6.07) is 8.69. The maximum Gasteiger partial charge on any atom is 0.246 e. The monoisotopic (exact) mass is 274 g/mol. The summed E-state index contributed by atoms with van der Waals surface area (Å²) in [4.78, 5) is 0. The summed E-state index contributed by atoms with van der Waals surface area (Å²) >= 11 is 2.42. The van der Waals surface area contributed by atoms with Crippen LogP contribution in [0.15, 0.2) is 24.3 Å². The predicted molar refractivity (Wildman–Crippen MR) is 67.8 cm³/mol. The second-order valence-electron chi connectivity index (χ2n) is 2.53. The number of benzene rings is 1. The van der Waals surface area contributed by atoms with Crippen LogP contribution in [0.1, 0.15) is 19.4 Å². The second-order valence-corrected chi connectivity index (χ2v) is 4.40. The normalized spacial score (nSPS) is 8.42. The lowest BCUT2D eigenvalue weighted by Crippen LogP contribution is -2.18. The topological polar surface area (TPSA) is 0 Å². The molecule has 0 atom stereocenters. The number of halogens is 1. The van der Waals surface area contributed by atoms with E-state index in [1.54, 1.807) is 0 Å². The summed E-state index contributed by atoms with van der Waals surface area (Å²) in [6.45, 7) is 8.31. The molecule has 2 heteroatoms. The van der Waals surface area contributed by atoms with E-state index < -0.39 is 0 Å². The van der Waals surface area contributed by atoms with E-state index in [4.69, 9.17) is 0 Å². The predicted octanol–water partition coefficient (Wildman–Crippen LogP) is 3.28. The van der Waals surface area contributed by atoms with Crippen molar-refractivity contribution in [2.45, 2.75) is 27.6 Å². The Bertz CT molecular complexity index is 204. The van der Waals surface area contributed by atoms with Gasteiger partial charge in [-0.2, -0.15) is 0 Å². The Morgan fingerprint density at radius 2 is 1.50 bits per heavy atom. The van der Waals surface area contributed by atoms with Crippen molar-refractivity contribution < 1.29 is 0 Å². The fourth-order valence-corrected chi connectivity index (χ4v) is 1.25. The van der Waals surface area contributed by atoms with Crippen molar-refractivity contribution in [2.24, 2.45) is 0 Å². The lowest BCUT2D eigenvalue weighted by atomic mass is 9.73. The van der Waals surface area contributed by atoms with Crippen molar-refractivity contribution >= 4 is 32.4 Å². The Balaban J connectivity index is 0.000000561. The van der Waals surface area contributed by atoms with Gasteiger partial charge in [0.05, 0.1) is 0 Å². The van der Waals surface area contributed by atoms with Gasteiger partial charge in [0.1, 0.15) is 0 Å². The van der Waals surface area contributed by atoms with E-state index in [2.05, 4.69) is 60.4 Å². The zero-order chi connectivity index (χ0) is 9.56. The average Bonchev–Trinajstić information content (AvgIpc) is 2.09. The van der Waals surface area contributed by atoms with Crippen LogP contribution in [0.5, 0.6) is 0 Å². The zero-order valence-electron chi connectivity index (χ0n) is 8.26. The molecule has 1 rings (SSSR count). The average molecular weight is 274 g/mol. The van der Waals surface area contributed by atoms with Crippen LogP contribution >= 0.6 is 22.4 Å². The van der Waals surface area contributed by atoms with Gasteiger partial charge in [-0.15, -0.1) is 22.4 Å². The molecule has 0 saturated carbocycles. The molecule has 0 N–H and O–H groups in total. The van der Waals surface area contributed by atoms with Gasteiger partial charge in [-0.05, 0) is 6.92 Å². The van der Waals surface area contributed by atoms with E-state index in [1.165, 1.54) is 11.0 Å². The Kier molecular flexibility index (Phi) is 6.53. The van der Waals surface area contributed by atoms with Gasteiger partial charge in [-0.25, -0.2) is 0 Å². The third kappa shape index (κ3) is 4.14. The Labute approximate surface area is 89.7 Å². The maximum absolute atomic E-state index is 2.42. The zero-order valence-corrected chi connectivity index (χ0v) is 10.4. The largest absolute Gasteiger partial charge is 0.246 e. The quantitative estimate of drug-likeness (QED) is 0.544. The van der Waals surface area contributed by atoms with Crippen LogP contribution in [0.2, 0.25) is 6.82 Å². The molecule has 0 aliphatic carbocycles. The number of hydrogen-bond donors (Lipinski definition) is 0. The molecule has 0 aliphatic rings. The molecule has 1 aromatic rings. The van der Waals surface area contributed by atoms with Crippen LogP contribution in [0.4, 0.5) is 0 Å². The fourth-order valence-electron chi connectivity index (χ4n) is 0.832. The van der Waals surface area contributed by atoms with E-state index in [1.807, 2.05) is 13.8 Å². The van der Waals surface area contributed by atoms with Crippen LogP contribution in [0, 0.1) is 6.92 Å². The van der Waals surface area contributed by atoms with Crippen LogP contribution in [0.3, 0.4) is 0 Å². The molecule has 0 heterocycles. The molecule has 0 amide bonds. The van der Waals surface area contributed by atoms with Crippen molar-refractivity contribution in [3.05, 3.63) is 29.8 Å². The number of aryl methyl sites for hydroxylation is 1. The summed E-state index contributed by atoms with van der Waals surface area (Å²) in [5, 5.41) is 0. The first kappa shape index (κ1) is 12.0. The molecule has 1 aromatic carbocycles. The second kappa shape index (κ2) is 6.52. The van der Waals surface area contributed by atoms with E-state index in [9.17, 15) is 0 Å². The van der Waals surface area contributed by atoms with E-state index in [0.29, 0.717) is 4.57 Å². The Morgan fingerprint density at radius 1 is 1.08 bits per heavy atom. The lowest BCUT2D eigenvalue weighted by molar-refractivity contribution is 1.49. The highest BCUT2D eigenvalue weighted by Crippen LogP contribution is 1.98. The third-order valence-corrected chi connectivity index (χ3v) is 2.26. The SMILES string of the molecule is CB(I)c1ccc(C)cc1.CC. The summed E-state index contributed by atoms with van der Waals surface area (Å²) in [5.74, 6) is 0.